The van der Waals surface area contributed by atoms with E-state index in [2.05, 4.69) is 30.6 Å². The maximum absolute atomic E-state index is 12.3. The molecule has 0 saturated carbocycles. The number of carbonyl (C=O) groups is 2. The number of carbonyl (C=O) groups excluding carboxylic acids is 2. The van der Waals surface area contributed by atoms with E-state index in [0.29, 0.717) is 62.5 Å². The fourth-order valence-corrected chi connectivity index (χ4v) is 4.00. The van der Waals surface area contributed by atoms with Crippen LogP contribution in [0.25, 0.3) is 11.4 Å². The Morgan fingerprint density at radius 2 is 1.57 bits per heavy atom. The van der Waals surface area contributed by atoms with Crippen LogP contribution in [0.4, 0.5) is 26.9 Å². The monoisotopic (exact) mass is 548 g/mol. The van der Waals surface area contributed by atoms with E-state index in [1.807, 2.05) is 37.8 Å². The molecule has 0 radical (unpaired) electrons. The molecule has 3 aromatic rings. The summed E-state index contributed by atoms with van der Waals surface area (Å²) in [7, 11) is 0. The van der Waals surface area contributed by atoms with Crippen molar-refractivity contribution < 1.29 is 23.8 Å². The van der Waals surface area contributed by atoms with Gasteiger partial charge in [-0.3, -0.25) is 4.98 Å². The molecular formula is C27H32N8O5. The van der Waals surface area contributed by atoms with Gasteiger partial charge in [0, 0.05) is 42.4 Å². The normalized spacial score (nSPS) is 15.7. The highest BCUT2D eigenvalue weighted by Gasteiger charge is 2.36. The van der Waals surface area contributed by atoms with E-state index in [0.717, 1.165) is 5.56 Å². The lowest BCUT2D eigenvalue weighted by atomic mass is 10.2. The average molecular weight is 549 g/mol. The highest BCUT2D eigenvalue weighted by molar-refractivity contribution is 5.99. The van der Waals surface area contributed by atoms with Gasteiger partial charge in [0.2, 0.25) is 5.95 Å². The highest BCUT2D eigenvalue weighted by Crippen LogP contribution is 2.25. The number of nitrogens with one attached hydrogen (secondary N) is 2. The van der Waals surface area contributed by atoms with Gasteiger partial charge in [0.1, 0.15) is 11.7 Å². The minimum atomic E-state index is -0.562. The van der Waals surface area contributed by atoms with E-state index in [1.54, 1.807) is 41.6 Å². The van der Waals surface area contributed by atoms with Crippen molar-refractivity contribution in [3.8, 4) is 17.4 Å². The van der Waals surface area contributed by atoms with Crippen molar-refractivity contribution in [1.82, 2.24) is 24.8 Å². The fraction of sp³-hybridized carbons (Fsp3) is 0.407. The van der Waals surface area contributed by atoms with Crippen molar-refractivity contribution in [3.05, 3.63) is 48.8 Å². The molecule has 40 heavy (non-hydrogen) atoms. The Kier molecular flexibility index (Phi) is 7.91. The van der Waals surface area contributed by atoms with E-state index in [9.17, 15) is 9.59 Å². The molecule has 4 heterocycles. The Morgan fingerprint density at radius 1 is 0.925 bits per heavy atom. The second-order valence-electron chi connectivity index (χ2n) is 10.4. The lowest BCUT2D eigenvalue weighted by Gasteiger charge is -2.38. The quantitative estimate of drug-likeness (QED) is 0.470. The predicted molar refractivity (Wildman–Crippen MR) is 147 cm³/mol. The van der Waals surface area contributed by atoms with Gasteiger partial charge in [0.05, 0.1) is 26.3 Å². The number of pyridine rings is 1. The second-order valence-corrected chi connectivity index (χ2v) is 10.4. The minimum Gasteiger partial charge on any atom is -0.456 e. The molecule has 2 N–H and O–H groups in total. The summed E-state index contributed by atoms with van der Waals surface area (Å²) in [5, 5.41) is 5.55. The van der Waals surface area contributed by atoms with Crippen LogP contribution in [0.5, 0.6) is 6.01 Å². The zero-order chi connectivity index (χ0) is 28.1. The van der Waals surface area contributed by atoms with Crippen LogP contribution in [0.15, 0.2) is 48.8 Å². The first-order valence-electron chi connectivity index (χ1n) is 13.0. The number of hydrogen-bond donors (Lipinski definition) is 2. The molecule has 210 valence electrons. The summed E-state index contributed by atoms with van der Waals surface area (Å²) in [6.45, 7) is 8.70. The Morgan fingerprint density at radius 3 is 2.23 bits per heavy atom. The van der Waals surface area contributed by atoms with Gasteiger partial charge in [-0.2, -0.15) is 15.0 Å². The van der Waals surface area contributed by atoms with Crippen LogP contribution in [-0.4, -0.2) is 88.1 Å². The number of aromatic nitrogens is 4. The Balaban J connectivity index is 1.28. The van der Waals surface area contributed by atoms with E-state index in [-0.39, 0.29) is 24.2 Å². The molecule has 0 bridgehead atoms. The molecule has 2 fully saturated rings. The number of nitrogens with zero attached hydrogens (tertiary/aromatic N) is 6. The van der Waals surface area contributed by atoms with E-state index >= 15 is 0 Å². The summed E-state index contributed by atoms with van der Waals surface area (Å²) < 4.78 is 16.9. The number of likely N-dealkylation sites (tertiary alicyclic amines) is 1. The molecule has 13 heteroatoms. The molecule has 13 nitrogen and oxygen atoms in total. The van der Waals surface area contributed by atoms with Gasteiger partial charge in [-0.05, 0) is 57.2 Å². The maximum atomic E-state index is 12.3. The average Bonchev–Trinajstić information content (AvgIpc) is 2.91. The number of anilines is 3. The zero-order valence-electron chi connectivity index (χ0n) is 22.7. The summed E-state index contributed by atoms with van der Waals surface area (Å²) in [6, 6.07) is 10.4. The zero-order valence-corrected chi connectivity index (χ0v) is 22.7. The van der Waals surface area contributed by atoms with Crippen LogP contribution >= 0.6 is 0 Å². The number of benzene rings is 1. The molecule has 2 saturated heterocycles. The van der Waals surface area contributed by atoms with Gasteiger partial charge in [-0.15, -0.1) is 0 Å². The minimum absolute atomic E-state index is 0.180. The van der Waals surface area contributed by atoms with Gasteiger partial charge >= 0.3 is 18.1 Å². The summed E-state index contributed by atoms with van der Waals surface area (Å²) in [5.74, 6) is 0.924. The lowest BCUT2D eigenvalue weighted by Crippen LogP contribution is -2.57. The first-order valence-corrected chi connectivity index (χ1v) is 13.0. The van der Waals surface area contributed by atoms with Crippen molar-refractivity contribution in [2.45, 2.75) is 32.5 Å². The standard InChI is InChI=1S/C27H32N8O5/c1-27(2,3)40-26(37)35-16-21(17-35)39-25-32-22(31-23(33-25)34-12-14-38-15-13-34)18-4-6-19(7-5-18)29-24(36)30-20-8-10-28-11-9-20/h4-11,21H,12-17H2,1-3H3,(H2,28,29,30,36). The molecule has 3 amide bonds. The van der Waals surface area contributed by atoms with Crippen LogP contribution in [0.1, 0.15) is 20.8 Å². The van der Waals surface area contributed by atoms with Gasteiger partial charge in [-0.1, -0.05) is 0 Å². The summed E-state index contributed by atoms with van der Waals surface area (Å²) in [6.07, 6.45) is 2.57. The van der Waals surface area contributed by atoms with Crippen LogP contribution in [-0.2, 0) is 9.47 Å². The van der Waals surface area contributed by atoms with Crippen molar-refractivity contribution >= 4 is 29.4 Å². The fourth-order valence-electron chi connectivity index (χ4n) is 4.00. The summed E-state index contributed by atoms with van der Waals surface area (Å²) in [5.41, 5.74) is 1.41. The van der Waals surface area contributed by atoms with Crippen molar-refractivity contribution in [3.63, 3.8) is 0 Å². The van der Waals surface area contributed by atoms with E-state index in [1.165, 1.54) is 0 Å². The second kappa shape index (κ2) is 11.7. The molecule has 0 atom stereocenters. The van der Waals surface area contributed by atoms with Crippen molar-refractivity contribution in [2.24, 2.45) is 0 Å². The highest BCUT2D eigenvalue weighted by atomic mass is 16.6. The van der Waals surface area contributed by atoms with Gasteiger partial charge in [-0.25, -0.2) is 9.59 Å². The molecule has 2 aliphatic heterocycles. The Labute approximate surface area is 231 Å². The van der Waals surface area contributed by atoms with E-state index < -0.39 is 5.60 Å². The first kappa shape index (κ1) is 27.1. The molecule has 5 rings (SSSR count). The third kappa shape index (κ3) is 7.11. The molecule has 0 unspecified atom stereocenters. The number of amides is 3. The molecule has 1 aromatic carbocycles. The molecule has 2 aromatic heterocycles. The third-order valence-electron chi connectivity index (χ3n) is 6.01. The third-order valence-corrected chi connectivity index (χ3v) is 6.01. The van der Waals surface area contributed by atoms with Crippen molar-refractivity contribution in [1.29, 1.82) is 0 Å². The van der Waals surface area contributed by atoms with Gasteiger partial charge in [0.15, 0.2) is 5.82 Å². The largest absolute Gasteiger partial charge is 0.456 e. The SMILES string of the molecule is CC(C)(C)OC(=O)N1CC(Oc2nc(-c3ccc(NC(=O)Nc4ccncc4)cc3)nc(N3CCOCC3)n2)C1. The van der Waals surface area contributed by atoms with Gasteiger partial charge < -0.3 is 34.6 Å². The maximum Gasteiger partial charge on any atom is 0.410 e. The number of rotatable bonds is 6. The van der Waals surface area contributed by atoms with Crippen LogP contribution in [0, 0.1) is 0 Å². The molecule has 0 spiro atoms. The molecular weight excluding hydrogens is 516 g/mol. The topological polar surface area (TPSA) is 144 Å². The summed E-state index contributed by atoms with van der Waals surface area (Å²) in [4.78, 5) is 45.9. The Hall–Kier alpha value is -4.52. The Bertz CT molecular complexity index is 1320. The number of morpholine rings is 1. The van der Waals surface area contributed by atoms with Crippen molar-refractivity contribution in [2.75, 3.05) is 54.9 Å². The number of urea groups is 1. The lowest BCUT2D eigenvalue weighted by molar-refractivity contribution is -0.0244. The number of hydrogen-bond acceptors (Lipinski definition) is 10. The smallest absolute Gasteiger partial charge is 0.410 e. The number of ether oxygens (including phenoxy) is 3. The van der Waals surface area contributed by atoms with Crippen LogP contribution in [0.2, 0.25) is 0 Å². The molecule has 2 aliphatic rings. The van der Waals surface area contributed by atoms with Crippen LogP contribution in [0.3, 0.4) is 0 Å². The van der Waals surface area contributed by atoms with Crippen LogP contribution < -0.4 is 20.3 Å². The first-order chi connectivity index (χ1) is 19.2. The summed E-state index contributed by atoms with van der Waals surface area (Å²) >= 11 is 0. The van der Waals surface area contributed by atoms with Gasteiger partial charge in [0.25, 0.3) is 0 Å². The molecule has 0 aliphatic carbocycles. The predicted octanol–water partition coefficient (Wildman–Crippen LogP) is 3.41. The van der Waals surface area contributed by atoms with E-state index in [4.69, 9.17) is 14.2 Å².